The van der Waals surface area contributed by atoms with Crippen LogP contribution >= 0.6 is 0 Å². The molecule has 0 aliphatic carbocycles. The van der Waals surface area contributed by atoms with Crippen molar-refractivity contribution in [3.05, 3.63) is 35.9 Å². The Morgan fingerprint density at radius 2 is 2.05 bits per heavy atom. The van der Waals surface area contributed by atoms with E-state index in [0.717, 1.165) is 6.54 Å². The maximum Gasteiger partial charge on any atom is 0.0450 e. The van der Waals surface area contributed by atoms with E-state index in [0.29, 0.717) is 12.1 Å². The summed E-state index contributed by atoms with van der Waals surface area (Å²) in [4.78, 5) is 4.88. The van der Waals surface area contributed by atoms with Crippen molar-refractivity contribution in [3.8, 4) is 0 Å². The maximum absolute atomic E-state index is 6.39. The van der Waals surface area contributed by atoms with E-state index < -0.39 is 0 Å². The van der Waals surface area contributed by atoms with Gasteiger partial charge in [-0.3, -0.25) is 0 Å². The summed E-state index contributed by atoms with van der Waals surface area (Å²) < 4.78 is 0. The summed E-state index contributed by atoms with van der Waals surface area (Å²) in [7, 11) is 4.42. The molecule has 3 nitrogen and oxygen atoms in total. The topological polar surface area (TPSA) is 32.5 Å². The molecule has 1 heterocycles. The lowest BCUT2D eigenvalue weighted by molar-refractivity contribution is 0.168. The predicted octanol–water partition coefficient (Wildman–Crippen LogP) is 2.10. The Hall–Kier alpha value is -0.900. The molecule has 2 rings (SSSR count). The molecule has 1 aliphatic heterocycles. The van der Waals surface area contributed by atoms with Gasteiger partial charge in [0.25, 0.3) is 0 Å². The van der Waals surface area contributed by atoms with E-state index in [1.54, 1.807) is 0 Å². The lowest BCUT2D eigenvalue weighted by Crippen LogP contribution is -2.44. The molecule has 0 saturated carbocycles. The molecule has 0 aromatic heterocycles. The maximum atomic E-state index is 6.39. The molecule has 2 N–H and O–H groups in total. The predicted molar refractivity (Wildman–Crippen MR) is 81.1 cm³/mol. The van der Waals surface area contributed by atoms with Gasteiger partial charge in [0.05, 0.1) is 0 Å². The number of likely N-dealkylation sites (tertiary alicyclic amines) is 1. The average Bonchev–Trinajstić information content (AvgIpc) is 2.83. The van der Waals surface area contributed by atoms with E-state index >= 15 is 0 Å². The summed E-state index contributed by atoms with van der Waals surface area (Å²) >= 11 is 0. The summed E-state index contributed by atoms with van der Waals surface area (Å²) in [6.07, 6.45) is 2.64. The lowest BCUT2D eigenvalue weighted by atomic mass is 10.00. The SMILES string of the molecule is CC(C(N)c1ccccc1)N(C)CC1CCCN1C. The average molecular weight is 261 g/mol. The molecule has 1 aromatic carbocycles. The quantitative estimate of drug-likeness (QED) is 0.881. The van der Waals surface area contributed by atoms with Gasteiger partial charge in [-0.25, -0.2) is 0 Å². The van der Waals surface area contributed by atoms with Crippen molar-refractivity contribution in [1.29, 1.82) is 0 Å². The van der Waals surface area contributed by atoms with Crippen LogP contribution in [0.15, 0.2) is 30.3 Å². The van der Waals surface area contributed by atoms with E-state index in [1.807, 2.05) is 6.07 Å². The Morgan fingerprint density at radius 3 is 2.63 bits per heavy atom. The number of hydrogen-bond donors (Lipinski definition) is 1. The van der Waals surface area contributed by atoms with Gasteiger partial charge in [0.2, 0.25) is 0 Å². The molecule has 3 heteroatoms. The minimum absolute atomic E-state index is 0.0814. The van der Waals surface area contributed by atoms with Crippen LogP contribution in [0.2, 0.25) is 0 Å². The second kappa shape index (κ2) is 6.51. The van der Waals surface area contributed by atoms with Crippen LogP contribution in [0.3, 0.4) is 0 Å². The molecule has 19 heavy (non-hydrogen) atoms. The van der Waals surface area contributed by atoms with E-state index in [9.17, 15) is 0 Å². The smallest absolute Gasteiger partial charge is 0.0450 e. The van der Waals surface area contributed by atoms with Crippen LogP contribution in [0, 0.1) is 0 Å². The van der Waals surface area contributed by atoms with Gasteiger partial charge in [0.1, 0.15) is 0 Å². The number of nitrogens with two attached hydrogens (primary N) is 1. The first-order valence-corrected chi connectivity index (χ1v) is 7.30. The molecule has 0 amide bonds. The van der Waals surface area contributed by atoms with Crippen molar-refractivity contribution in [2.45, 2.75) is 37.9 Å². The molecule has 0 spiro atoms. The minimum atomic E-state index is 0.0814. The first-order chi connectivity index (χ1) is 9.09. The molecular formula is C16H27N3. The molecule has 0 bridgehead atoms. The summed E-state index contributed by atoms with van der Waals surface area (Å²) in [5.74, 6) is 0. The summed E-state index contributed by atoms with van der Waals surface area (Å²) in [6.45, 7) is 4.57. The standard InChI is InChI=1S/C16H27N3/c1-13(16(17)14-8-5-4-6-9-14)19(3)12-15-10-7-11-18(15)2/h4-6,8-9,13,15-16H,7,10-12,17H2,1-3H3. The first kappa shape index (κ1) is 14.5. The van der Waals surface area contributed by atoms with Gasteiger partial charge < -0.3 is 15.5 Å². The zero-order chi connectivity index (χ0) is 13.8. The number of nitrogens with zero attached hydrogens (tertiary/aromatic N) is 2. The Kier molecular flexibility index (Phi) is 4.97. The van der Waals surface area contributed by atoms with Gasteiger partial charge in [0, 0.05) is 24.7 Å². The summed E-state index contributed by atoms with van der Waals surface area (Å²) in [6, 6.07) is 11.5. The van der Waals surface area contributed by atoms with Gasteiger partial charge in [-0.1, -0.05) is 30.3 Å². The lowest BCUT2D eigenvalue weighted by Gasteiger charge is -2.33. The van der Waals surface area contributed by atoms with Crippen LogP contribution < -0.4 is 5.73 Å². The summed E-state index contributed by atoms with van der Waals surface area (Å²) in [5, 5.41) is 0. The fraction of sp³-hybridized carbons (Fsp3) is 0.625. The van der Waals surface area contributed by atoms with Crippen molar-refractivity contribution in [2.24, 2.45) is 5.73 Å². The Balaban J connectivity index is 1.93. The zero-order valence-corrected chi connectivity index (χ0v) is 12.4. The minimum Gasteiger partial charge on any atom is -0.323 e. The Morgan fingerprint density at radius 1 is 1.37 bits per heavy atom. The van der Waals surface area contributed by atoms with Crippen LogP contribution in [-0.4, -0.2) is 49.1 Å². The monoisotopic (exact) mass is 261 g/mol. The fourth-order valence-corrected chi connectivity index (χ4v) is 2.94. The van der Waals surface area contributed by atoms with Gasteiger partial charge in [-0.15, -0.1) is 0 Å². The van der Waals surface area contributed by atoms with Crippen LogP contribution in [0.5, 0.6) is 0 Å². The second-order valence-electron chi connectivity index (χ2n) is 5.89. The van der Waals surface area contributed by atoms with E-state index in [1.165, 1.54) is 24.9 Å². The first-order valence-electron chi connectivity index (χ1n) is 7.30. The third-order valence-electron chi connectivity index (χ3n) is 4.57. The highest BCUT2D eigenvalue weighted by Crippen LogP contribution is 2.20. The molecule has 1 fully saturated rings. The van der Waals surface area contributed by atoms with Crippen LogP contribution in [0.1, 0.15) is 31.4 Å². The van der Waals surface area contributed by atoms with Crippen molar-refractivity contribution >= 4 is 0 Å². The number of benzene rings is 1. The highest BCUT2D eigenvalue weighted by molar-refractivity contribution is 5.19. The molecular weight excluding hydrogens is 234 g/mol. The molecule has 1 aromatic rings. The molecule has 1 saturated heterocycles. The second-order valence-corrected chi connectivity index (χ2v) is 5.89. The van der Waals surface area contributed by atoms with Crippen molar-refractivity contribution in [2.75, 3.05) is 27.2 Å². The molecule has 3 atom stereocenters. The largest absolute Gasteiger partial charge is 0.323 e. The highest BCUT2D eigenvalue weighted by atomic mass is 15.2. The van der Waals surface area contributed by atoms with Gasteiger partial charge in [-0.05, 0) is 46.0 Å². The van der Waals surface area contributed by atoms with Crippen molar-refractivity contribution < 1.29 is 0 Å². The van der Waals surface area contributed by atoms with Crippen molar-refractivity contribution in [1.82, 2.24) is 9.80 Å². The van der Waals surface area contributed by atoms with Crippen LogP contribution in [0.25, 0.3) is 0 Å². The molecule has 3 unspecified atom stereocenters. The molecule has 106 valence electrons. The van der Waals surface area contributed by atoms with Gasteiger partial charge in [-0.2, -0.15) is 0 Å². The highest BCUT2D eigenvalue weighted by Gasteiger charge is 2.26. The van der Waals surface area contributed by atoms with Gasteiger partial charge in [0.15, 0.2) is 0 Å². The van der Waals surface area contributed by atoms with E-state index in [-0.39, 0.29) is 6.04 Å². The van der Waals surface area contributed by atoms with E-state index in [2.05, 4.69) is 55.1 Å². The van der Waals surface area contributed by atoms with E-state index in [4.69, 9.17) is 5.73 Å². The number of hydrogen-bond acceptors (Lipinski definition) is 3. The normalized spacial score (nSPS) is 23.7. The number of rotatable bonds is 5. The van der Waals surface area contributed by atoms with Crippen LogP contribution in [0.4, 0.5) is 0 Å². The fourth-order valence-electron chi connectivity index (χ4n) is 2.94. The summed E-state index contributed by atoms with van der Waals surface area (Å²) in [5.41, 5.74) is 7.62. The third kappa shape index (κ3) is 3.56. The number of likely N-dealkylation sites (N-methyl/N-ethyl adjacent to an activating group) is 2. The third-order valence-corrected chi connectivity index (χ3v) is 4.57. The van der Waals surface area contributed by atoms with Crippen LogP contribution in [-0.2, 0) is 0 Å². The molecule has 0 radical (unpaired) electrons. The Bertz CT molecular complexity index is 379. The Labute approximate surface area is 117 Å². The zero-order valence-electron chi connectivity index (χ0n) is 12.4. The van der Waals surface area contributed by atoms with Gasteiger partial charge >= 0.3 is 0 Å². The van der Waals surface area contributed by atoms with Crippen molar-refractivity contribution in [3.63, 3.8) is 0 Å². The molecule has 1 aliphatic rings.